The van der Waals surface area contributed by atoms with Crippen LogP contribution in [0.25, 0.3) is 0 Å². The first-order valence-corrected chi connectivity index (χ1v) is 5.33. The van der Waals surface area contributed by atoms with Crippen molar-refractivity contribution in [3.63, 3.8) is 0 Å². The Bertz CT molecular complexity index is 303. The quantitative estimate of drug-likeness (QED) is 0.121. The van der Waals surface area contributed by atoms with E-state index in [1.807, 2.05) is 0 Å². The fraction of sp³-hybridized carbons (Fsp3) is 0.833. The van der Waals surface area contributed by atoms with Gasteiger partial charge in [-0.1, -0.05) is 0 Å². The third kappa shape index (κ3) is 17.8. The van der Waals surface area contributed by atoms with Gasteiger partial charge in [0.1, 0.15) is 24.4 Å². The maximum Gasteiger partial charge on any atom is 0.151 e. The van der Waals surface area contributed by atoms with E-state index in [0.717, 1.165) is 0 Å². The third-order valence-corrected chi connectivity index (χ3v) is 1.42. The zero-order chi connectivity index (χ0) is 14.2. The number of carbonyl (C=O) groups excluding carboxylic acids is 1. The molecule has 0 heterocycles. The first-order valence-electron chi connectivity index (χ1n) is 3.99. The molecule has 0 bridgehead atoms. The summed E-state index contributed by atoms with van der Waals surface area (Å²) in [5.41, 5.74) is 0. The smallest absolute Gasteiger partial charge is 0.151 e. The van der Waals surface area contributed by atoms with Crippen molar-refractivity contribution in [1.29, 1.82) is 0 Å². The number of aliphatic hydroxyl groups is 5. The van der Waals surface area contributed by atoms with Crippen molar-refractivity contribution in [2.24, 2.45) is 0 Å². The number of rotatable bonds is 5. The second-order valence-electron chi connectivity index (χ2n) is 2.77. The molecule has 11 nitrogen and oxygen atoms in total. The molecule has 0 aliphatic heterocycles. The Labute approximate surface area is 119 Å². The van der Waals surface area contributed by atoms with Gasteiger partial charge in [-0.15, -0.1) is 0 Å². The Morgan fingerprint density at radius 1 is 1.05 bits per heavy atom. The molecule has 0 spiro atoms. The molecule has 0 saturated carbocycles. The average Bonchev–Trinajstić information content (AvgIpc) is 2.22. The topological polar surface area (TPSA) is 235 Å². The van der Waals surface area contributed by atoms with Crippen LogP contribution in [0.15, 0.2) is 0 Å². The van der Waals surface area contributed by atoms with Gasteiger partial charge in [-0.05, 0) is 0 Å². The van der Waals surface area contributed by atoms with Crippen molar-refractivity contribution >= 4 is 16.7 Å². The summed E-state index contributed by atoms with van der Waals surface area (Å²) in [6.45, 7) is -0.760. The van der Waals surface area contributed by atoms with Gasteiger partial charge in [0.05, 0.1) is 6.61 Å². The second kappa shape index (κ2) is 12.8. The standard InChI is InChI=1S/C6H12O6.Fe.H3N.H2O4S/c7-1-3(9)5(11)6(12)4(10)2-8;;;1-5(2,3)4/h1,3-6,8-12H,2H2;;1H3;(H2,1,2,3,4)/p-1. The van der Waals surface area contributed by atoms with Crippen molar-refractivity contribution in [3.05, 3.63) is 0 Å². The molecule has 9 N–H and O–H groups in total. The molecule has 19 heavy (non-hydrogen) atoms. The molecular weight excluding hydrogens is 334 g/mol. The normalized spacial score (nSPS) is 16.4. The van der Waals surface area contributed by atoms with Gasteiger partial charge >= 0.3 is 0 Å². The minimum Gasteiger partial charge on any atom is -0.759 e. The molecule has 0 rings (SSSR count). The summed E-state index contributed by atoms with van der Waals surface area (Å²) in [4.78, 5) is 9.90. The van der Waals surface area contributed by atoms with E-state index >= 15 is 0 Å². The maximum atomic E-state index is 9.90. The van der Waals surface area contributed by atoms with E-state index in [1.54, 1.807) is 0 Å². The minimum atomic E-state index is -5.17. The van der Waals surface area contributed by atoms with Crippen LogP contribution in [0.5, 0.6) is 0 Å². The summed E-state index contributed by atoms with van der Waals surface area (Å²) in [6, 6.07) is 0. The Morgan fingerprint density at radius 3 is 1.58 bits per heavy atom. The predicted octanol–water partition coefficient (Wildman–Crippen LogP) is -4.34. The van der Waals surface area contributed by atoms with Crippen LogP contribution < -0.4 is 6.15 Å². The van der Waals surface area contributed by atoms with E-state index in [1.165, 1.54) is 0 Å². The molecule has 4 atom stereocenters. The van der Waals surface area contributed by atoms with E-state index in [4.69, 9.17) is 43.1 Å². The van der Waals surface area contributed by atoms with Crippen LogP contribution in [0.1, 0.15) is 0 Å². The molecule has 0 aliphatic rings. The molecule has 13 heteroatoms. The SMILES string of the molecule is O=CC(O)C(O)C(O)C(O)CO.O=S(=O)([O-])[O-].[Fe].[NH4+]. The fourth-order valence-electron chi connectivity index (χ4n) is 0.618. The van der Waals surface area contributed by atoms with Gasteiger partial charge in [-0.3, -0.25) is 8.42 Å². The van der Waals surface area contributed by atoms with E-state index in [0.29, 0.717) is 0 Å². The molecule has 0 aromatic carbocycles. The van der Waals surface area contributed by atoms with Crippen LogP contribution in [-0.2, 0) is 32.3 Å². The number of aliphatic hydroxyl groups excluding tert-OH is 5. The molecule has 0 saturated heterocycles. The summed E-state index contributed by atoms with van der Waals surface area (Å²) in [5.74, 6) is 0. The van der Waals surface area contributed by atoms with E-state index in [-0.39, 0.29) is 29.5 Å². The van der Waals surface area contributed by atoms with Crippen molar-refractivity contribution in [1.82, 2.24) is 6.15 Å². The van der Waals surface area contributed by atoms with Crippen LogP contribution in [0.3, 0.4) is 0 Å². The Balaban J connectivity index is -0.000000139. The molecule has 0 amide bonds. The van der Waals surface area contributed by atoms with Crippen LogP contribution >= 0.6 is 0 Å². The summed E-state index contributed by atoms with van der Waals surface area (Å²) >= 11 is 0. The zero-order valence-electron chi connectivity index (χ0n) is 9.63. The van der Waals surface area contributed by atoms with Crippen LogP contribution in [0.2, 0.25) is 0 Å². The van der Waals surface area contributed by atoms with Gasteiger partial charge in [0, 0.05) is 27.5 Å². The van der Waals surface area contributed by atoms with Crippen molar-refractivity contribution in [2.75, 3.05) is 6.61 Å². The number of carbonyl (C=O) groups is 1. The van der Waals surface area contributed by atoms with Crippen LogP contribution in [-0.4, -0.2) is 80.4 Å². The van der Waals surface area contributed by atoms with Gasteiger partial charge in [0.2, 0.25) is 0 Å². The summed E-state index contributed by atoms with van der Waals surface area (Å²) in [6.07, 6.45) is -6.84. The van der Waals surface area contributed by atoms with Gasteiger partial charge in [0.25, 0.3) is 0 Å². The van der Waals surface area contributed by atoms with Crippen molar-refractivity contribution in [3.8, 4) is 0 Å². The molecular formula is C6H16FeNO10S-. The van der Waals surface area contributed by atoms with Gasteiger partial charge < -0.3 is 45.6 Å². The first kappa shape index (κ1) is 27.2. The van der Waals surface area contributed by atoms with Gasteiger partial charge in [-0.25, -0.2) is 0 Å². The average molecular weight is 350 g/mol. The number of quaternary nitrogens is 1. The predicted molar refractivity (Wildman–Crippen MR) is 53.6 cm³/mol. The number of aldehydes is 1. The molecule has 0 aromatic rings. The first-order chi connectivity index (χ1) is 7.54. The van der Waals surface area contributed by atoms with E-state index < -0.39 is 41.4 Å². The Kier molecular flexibility index (Phi) is 18.4. The Hall–Kier alpha value is -0.181. The largest absolute Gasteiger partial charge is 0.759 e. The third-order valence-electron chi connectivity index (χ3n) is 1.42. The second-order valence-corrected chi connectivity index (χ2v) is 3.58. The minimum absolute atomic E-state index is 0. The molecule has 0 aromatic heterocycles. The molecule has 120 valence electrons. The maximum absolute atomic E-state index is 9.90. The fourth-order valence-corrected chi connectivity index (χ4v) is 0.618. The van der Waals surface area contributed by atoms with E-state index in [2.05, 4.69) is 0 Å². The summed E-state index contributed by atoms with van der Waals surface area (Å²) in [5, 5.41) is 43.5. The van der Waals surface area contributed by atoms with Gasteiger partial charge in [-0.2, -0.15) is 0 Å². The van der Waals surface area contributed by atoms with Crippen LogP contribution in [0.4, 0.5) is 0 Å². The van der Waals surface area contributed by atoms with Gasteiger partial charge in [0.15, 0.2) is 6.29 Å². The number of hydrogen-bond donors (Lipinski definition) is 6. The Morgan fingerprint density at radius 2 is 1.37 bits per heavy atom. The number of hydrogen-bond acceptors (Lipinski definition) is 10. The molecule has 0 radical (unpaired) electrons. The molecule has 0 fully saturated rings. The molecule has 0 aliphatic carbocycles. The van der Waals surface area contributed by atoms with E-state index in [9.17, 15) is 4.79 Å². The zero-order valence-corrected chi connectivity index (χ0v) is 11.6. The monoisotopic (exact) mass is 350 g/mol. The summed E-state index contributed by atoms with van der Waals surface area (Å²) < 4.78 is 34.1. The molecule has 4 unspecified atom stereocenters. The summed E-state index contributed by atoms with van der Waals surface area (Å²) in [7, 11) is -5.17. The van der Waals surface area contributed by atoms with Crippen molar-refractivity contribution in [2.45, 2.75) is 24.4 Å². The van der Waals surface area contributed by atoms with Crippen LogP contribution in [0, 0.1) is 0 Å². The van der Waals surface area contributed by atoms with Crippen molar-refractivity contribution < 1.29 is 64.9 Å².